The quantitative estimate of drug-likeness (QED) is 0.679. The molecule has 7 heteroatoms. The van der Waals surface area contributed by atoms with Gasteiger partial charge in [0.15, 0.2) is 0 Å². The van der Waals surface area contributed by atoms with Crippen LogP contribution in [0, 0.1) is 0 Å². The highest BCUT2D eigenvalue weighted by atomic mass is 35.5. The standard InChI is InChI=1S/C14H23ClN2O3S/c1-4-20-8-7-17-21(18,19)13-5-6-14(15)12(9-13)10-16-11(2)3/h5-6,9,11,16-17H,4,7-8,10H2,1-3H3. The third-order valence-corrected chi connectivity index (χ3v) is 4.60. The van der Waals surface area contributed by atoms with Crippen molar-refractivity contribution >= 4 is 21.6 Å². The number of hydrogen-bond acceptors (Lipinski definition) is 4. The van der Waals surface area contributed by atoms with E-state index in [1.807, 2.05) is 20.8 Å². The Morgan fingerprint density at radius 3 is 2.67 bits per heavy atom. The van der Waals surface area contributed by atoms with Crippen LogP contribution in [0.25, 0.3) is 0 Å². The highest BCUT2D eigenvalue weighted by molar-refractivity contribution is 7.89. The molecule has 21 heavy (non-hydrogen) atoms. The van der Waals surface area contributed by atoms with Crippen molar-refractivity contribution in [1.82, 2.24) is 10.0 Å². The summed E-state index contributed by atoms with van der Waals surface area (Å²) >= 11 is 6.10. The van der Waals surface area contributed by atoms with Gasteiger partial charge in [-0.25, -0.2) is 13.1 Å². The molecular weight excluding hydrogens is 312 g/mol. The second-order valence-corrected chi connectivity index (χ2v) is 7.06. The number of nitrogens with one attached hydrogen (secondary N) is 2. The van der Waals surface area contributed by atoms with Crippen molar-refractivity contribution in [3.05, 3.63) is 28.8 Å². The average Bonchev–Trinajstić information content (AvgIpc) is 2.42. The molecule has 5 nitrogen and oxygen atoms in total. The molecule has 0 bridgehead atoms. The van der Waals surface area contributed by atoms with E-state index in [4.69, 9.17) is 16.3 Å². The first-order valence-electron chi connectivity index (χ1n) is 6.96. The first-order valence-corrected chi connectivity index (χ1v) is 8.82. The van der Waals surface area contributed by atoms with E-state index in [1.165, 1.54) is 6.07 Å². The lowest BCUT2D eigenvalue weighted by molar-refractivity contribution is 0.153. The molecule has 1 aromatic carbocycles. The van der Waals surface area contributed by atoms with Gasteiger partial charge in [-0.2, -0.15) is 0 Å². The summed E-state index contributed by atoms with van der Waals surface area (Å²) in [5.41, 5.74) is 0.762. The number of halogens is 1. The largest absolute Gasteiger partial charge is 0.380 e. The summed E-state index contributed by atoms with van der Waals surface area (Å²) in [6.45, 7) is 7.59. The van der Waals surface area contributed by atoms with Crippen LogP contribution in [0.1, 0.15) is 26.3 Å². The molecule has 0 amide bonds. The Hall–Kier alpha value is -0.660. The summed E-state index contributed by atoms with van der Waals surface area (Å²) in [5.74, 6) is 0. The Bertz CT molecular complexity index is 547. The molecule has 2 N–H and O–H groups in total. The van der Waals surface area contributed by atoms with Crippen molar-refractivity contribution in [3.8, 4) is 0 Å². The molecule has 0 atom stereocenters. The summed E-state index contributed by atoms with van der Waals surface area (Å²) in [4.78, 5) is 0.212. The van der Waals surface area contributed by atoms with Gasteiger partial charge in [0.2, 0.25) is 10.0 Å². The smallest absolute Gasteiger partial charge is 0.240 e. The first-order chi connectivity index (χ1) is 9.86. The Morgan fingerprint density at radius 2 is 2.05 bits per heavy atom. The van der Waals surface area contributed by atoms with E-state index in [2.05, 4.69) is 10.0 Å². The fourth-order valence-electron chi connectivity index (χ4n) is 1.64. The number of ether oxygens (including phenoxy) is 1. The summed E-state index contributed by atoms with van der Waals surface area (Å²) in [7, 11) is -3.53. The SMILES string of the molecule is CCOCCNS(=O)(=O)c1ccc(Cl)c(CNC(C)C)c1. The minimum atomic E-state index is -3.53. The van der Waals surface area contributed by atoms with E-state index < -0.39 is 10.0 Å². The van der Waals surface area contributed by atoms with Crippen molar-refractivity contribution in [2.75, 3.05) is 19.8 Å². The first kappa shape index (κ1) is 18.4. The molecule has 0 unspecified atom stereocenters. The molecule has 0 heterocycles. The second-order valence-electron chi connectivity index (χ2n) is 4.88. The molecule has 0 fully saturated rings. The Balaban J connectivity index is 2.79. The normalized spacial score (nSPS) is 12.0. The van der Waals surface area contributed by atoms with Crippen LogP contribution in [0.15, 0.2) is 23.1 Å². The number of hydrogen-bond donors (Lipinski definition) is 2. The van der Waals surface area contributed by atoms with E-state index >= 15 is 0 Å². The Morgan fingerprint density at radius 1 is 1.33 bits per heavy atom. The van der Waals surface area contributed by atoms with Crippen LogP contribution in [0.4, 0.5) is 0 Å². The molecule has 0 aliphatic carbocycles. The number of sulfonamides is 1. The van der Waals surface area contributed by atoms with Gasteiger partial charge in [0, 0.05) is 30.8 Å². The average molecular weight is 335 g/mol. The maximum absolute atomic E-state index is 12.2. The predicted octanol–water partition coefficient (Wildman–Crippen LogP) is 2.15. The van der Waals surface area contributed by atoms with Crippen LogP contribution >= 0.6 is 11.6 Å². The number of benzene rings is 1. The maximum atomic E-state index is 12.2. The van der Waals surface area contributed by atoms with Gasteiger partial charge in [-0.15, -0.1) is 0 Å². The van der Waals surface area contributed by atoms with Gasteiger partial charge in [0.25, 0.3) is 0 Å². The molecule has 1 aromatic rings. The van der Waals surface area contributed by atoms with Gasteiger partial charge >= 0.3 is 0 Å². The van der Waals surface area contributed by atoms with E-state index in [0.29, 0.717) is 30.8 Å². The molecular formula is C14H23ClN2O3S. The highest BCUT2D eigenvalue weighted by Crippen LogP contribution is 2.20. The van der Waals surface area contributed by atoms with Crippen LogP contribution in [-0.2, 0) is 21.3 Å². The van der Waals surface area contributed by atoms with Gasteiger partial charge < -0.3 is 10.1 Å². The minimum Gasteiger partial charge on any atom is -0.380 e. The molecule has 0 aromatic heterocycles. The molecule has 0 aliphatic heterocycles. The summed E-state index contributed by atoms with van der Waals surface area (Å²) in [5, 5.41) is 3.77. The lowest BCUT2D eigenvalue weighted by atomic mass is 10.2. The molecule has 0 saturated heterocycles. The zero-order valence-electron chi connectivity index (χ0n) is 12.6. The van der Waals surface area contributed by atoms with Gasteiger partial charge in [0.05, 0.1) is 11.5 Å². The highest BCUT2D eigenvalue weighted by Gasteiger charge is 2.15. The molecule has 1 rings (SSSR count). The monoisotopic (exact) mass is 334 g/mol. The van der Waals surface area contributed by atoms with Crippen molar-refractivity contribution in [2.24, 2.45) is 0 Å². The fraction of sp³-hybridized carbons (Fsp3) is 0.571. The summed E-state index contributed by atoms with van der Waals surface area (Å²) < 4.78 is 32.0. The van der Waals surface area contributed by atoms with Crippen LogP contribution < -0.4 is 10.0 Å². The van der Waals surface area contributed by atoms with Crippen molar-refractivity contribution < 1.29 is 13.2 Å². The van der Waals surface area contributed by atoms with E-state index in [9.17, 15) is 8.42 Å². The lowest BCUT2D eigenvalue weighted by Crippen LogP contribution is -2.28. The number of rotatable bonds is 9. The topological polar surface area (TPSA) is 67.4 Å². The van der Waals surface area contributed by atoms with Crippen LogP contribution in [-0.4, -0.2) is 34.2 Å². The van der Waals surface area contributed by atoms with Crippen LogP contribution in [0.3, 0.4) is 0 Å². The Kier molecular flexibility index (Phi) is 7.62. The summed E-state index contributed by atoms with van der Waals surface area (Å²) in [6.07, 6.45) is 0. The van der Waals surface area contributed by atoms with Crippen molar-refractivity contribution in [3.63, 3.8) is 0 Å². The molecule has 0 radical (unpaired) electrons. The fourth-order valence-corrected chi connectivity index (χ4v) is 2.89. The second kappa shape index (κ2) is 8.70. The van der Waals surface area contributed by atoms with Gasteiger partial charge in [-0.3, -0.25) is 0 Å². The third-order valence-electron chi connectivity index (χ3n) is 2.77. The van der Waals surface area contributed by atoms with Crippen LogP contribution in [0.5, 0.6) is 0 Å². The maximum Gasteiger partial charge on any atom is 0.240 e. The van der Waals surface area contributed by atoms with Gasteiger partial charge in [-0.05, 0) is 30.7 Å². The summed E-state index contributed by atoms with van der Waals surface area (Å²) in [6, 6.07) is 5.01. The molecule has 0 spiro atoms. The van der Waals surface area contributed by atoms with Crippen LogP contribution in [0.2, 0.25) is 5.02 Å². The molecule has 0 aliphatic rings. The zero-order valence-corrected chi connectivity index (χ0v) is 14.2. The van der Waals surface area contributed by atoms with E-state index in [1.54, 1.807) is 12.1 Å². The van der Waals surface area contributed by atoms with Gasteiger partial charge in [-0.1, -0.05) is 25.4 Å². The van der Waals surface area contributed by atoms with Crippen molar-refractivity contribution in [2.45, 2.75) is 38.3 Å². The van der Waals surface area contributed by atoms with E-state index in [-0.39, 0.29) is 11.4 Å². The third kappa shape index (κ3) is 6.32. The van der Waals surface area contributed by atoms with Gasteiger partial charge in [0.1, 0.15) is 0 Å². The molecule has 0 saturated carbocycles. The van der Waals surface area contributed by atoms with Crippen molar-refractivity contribution in [1.29, 1.82) is 0 Å². The van der Waals surface area contributed by atoms with E-state index in [0.717, 1.165) is 5.56 Å². The Labute approximate surface area is 132 Å². The zero-order chi connectivity index (χ0) is 15.9. The minimum absolute atomic E-state index is 0.212. The lowest BCUT2D eigenvalue weighted by Gasteiger charge is -2.12. The molecule has 120 valence electrons. The predicted molar refractivity (Wildman–Crippen MR) is 85.1 cm³/mol.